The lowest BCUT2D eigenvalue weighted by Crippen LogP contribution is -2.57. The number of H-pyrrole nitrogens is 2. The van der Waals surface area contributed by atoms with E-state index in [9.17, 15) is 33.6 Å². The fourth-order valence-corrected chi connectivity index (χ4v) is 4.31. The molecule has 48 heavy (non-hydrogen) atoms. The Balaban J connectivity index is 1.94. The lowest BCUT2D eigenvalue weighted by Gasteiger charge is -2.24. The number of carbonyl (C=O) groups excluding carboxylic acids is 6. The second-order valence-electron chi connectivity index (χ2n) is 10.5. The molecule has 2 aromatic rings. The number of carboxylic acid groups (broad SMARTS) is 1. The van der Waals surface area contributed by atoms with Crippen molar-refractivity contribution in [2.24, 2.45) is 11.5 Å². The normalized spacial score (nSPS) is 13.2. The van der Waals surface area contributed by atoms with Gasteiger partial charge in [0.05, 0.1) is 49.7 Å². The molecule has 2 heterocycles. The van der Waals surface area contributed by atoms with Gasteiger partial charge >= 0.3 is 5.97 Å². The number of imidazole rings is 2. The van der Waals surface area contributed by atoms with E-state index in [2.05, 4.69) is 64.5 Å². The zero-order valence-electron chi connectivity index (χ0n) is 26.0. The number of carbonyl (C=O) groups is 7. The molecule has 0 spiro atoms. The number of nitrogens with one attached hydrogen (secondary N) is 8. The first-order valence-electron chi connectivity index (χ1n) is 14.9. The Morgan fingerprint density at radius 3 is 1.83 bits per heavy atom. The van der Waals surface area contributed by atoms with E-state index in [0.29, 0.717) is 30.8 Å². The minimum Gasteiger partial charge on any atom is -0.480 e. The highest BCUT2D eigenvalue weighted by Gasteiger charge is 2.29. The largest absolute Gasteiger partial charge is 0.480 e. The molecule has 0 fully saturated rings. The number of unbranched alkanes of at least 4 members (excludes halogenated alkanes) is 1. The summed E-state index contributed by atoms with van der Waals surface area (Å²) in [5.74, 6) is -5.74. The highest BCUT2D eigenvalue weighted by Crippen LogP contribution is 2.06. The van der Waals surface area contributed by atoms with Crippen molar-refractivity contribution in [2.75, 3.05) is 31.9 Å². The molecule has 0 radical (unpaired) electrons. The monoisotopic (exact) mass is 694 g/mol. The van der Waals surface area contributed by atoms with Gasteiger partial charge in [0.25, 0.3) is 0 Å². The number of rotatable bonds is 22. The first-order valence-corrected chi connectivity index (χ1v) is 15.5. The number of aromatic nitrogens is 4. The molecule has 0 unspecified atom stereocenters. The van der Waals surface area contributed by atoms with Gasteiger partial charge in [-0.25, -0.2) is 14.8 Å². The molecular formula is C27H42N12O8S. The molecule has 2 rings (SSSR count). The summed E-state index contributed by atoms with van der Waals surface area (Å²) in [5.41, 5.74) is 12.6. The van der Waals surface area contributed by atoms with E-state index < -0.39 is 85.2 Å². The molecule has 0 aliphatic rings. The van der Waals surface area contributed by atoms with E-state index in [1.54, 1.807) is 6.20 Å². The van der Waals surface area contributed by atoms with Gasteiger partial charge < -0.3 is 58.4 Å². The minimum absolute atomic E-state index is 0.0642. The molecule has 264 valence electrons. The number of carboxylic acids is 1. The van der Waals surface area contributed by atoms with Gasteiger partial charge in [0.15, 0.2) is 0 Å². The van der Waals surface area contributed by atoms with Gasteiger partial charge in [-0.15, -0.1) is 0 Å². The van der Waals surface area contributed by atoms with Crippen molar-refractivity contribution >= 4 is 54.0 Å². The zero-order chi connectivity index (χ0) is 35.5. The molecule has 0 saturated carbocycles. The lowest BCUT2D eigenvalue weighted by molar-refractivity contribution is -0.141. The van der Waals surface area contributed by atoms with Crippen LogP contribution in [0.2, 0.25) is 0 Å². The number of aliphatic carboxylic acids is 1. The number of hydrogen-bond acceptors (Lipinski definition) is 12. The van der Waals surface area contributed by atoms with E-state index >= 15 is 0 Å². The first-order chi connectivity index (χ1) is 22.9. The van der Waals surface area contributed by atoms with Crippen LogP contribution in [-0.4, -0.2) is 123 Å². The highest BCUT2D eigenvalue weighted by atomic mass is 32.1. The van der Waals surface area contributed by atoms with Crippen LogP contribution in [0, 0.1) is 0 Å². The Kier molecular flexibility index (Phi) is 17.1. The third kappa shape index (κ3) is 14.6. The Morgan fingerprint density at radius 2 is 1.29 bits per heavy atom. The minimum atomic E-state index is -1.29. The molecule has 6 amide bonds. The van der Waals surface area contributed by atoms with Gasteiger partial charge in [-0.1, -0.05) is 0 Å². The second-order valence-corrected chi connectivity index (χ2v) is 10.8. The summed E-state index contributed by atoms with van der Waals surface area (Å²) in [6.07, 6.45) is 7.30. The maximum absolute atomic E-state index is 13.4. The van der Waals surface area contributed by atoms with Crippen LogP contribution >= 0.6 is 12.6 Å². The Labute approximate surface area is 280 Å². The molecule has 0 aliphatic carbocycles. The summed E-state index contributed by atoms with van der Waals surface area (Å²) >= 11 is 3.82. The van der Waals surface area contributed by atoms with E-state index in [0.717, 1.165) is 0 Å². The van der Waals surface area contributed by atoms with E-state index in [-0.39, 0.29) is 25.0 Å². The number of aromatic amines is 2. The fourth-order valence-electron chi connectivity index (χ4n) is 4.06. The average Bonchev–Trinajstić information content (AvgIpc) is 3.78. The number of hydrogen-bond donors (Lipinski definition) is 12. The summed E-state index contributed by atoms with van der Waals surface area (Å²) in [6, 6.07) is -4.50. The van der Waals surface area contributed by atoms with Crippen LogP contribution in [0.5, 0.6) is 0 Å². The first kappa shape index (κ1) is 39.2. The van der Waals surface area contributed by atoms with Crippen LogP contribution in [0.1, 0.15) is 30.7 Å². The highest BCUT2D eigenvalue weighted by molar-refractivity contribution is 7.80. The molecule has 20 nitrogen and oxygen atoms in total. The molecule has 21 heteroatoms. The third-order valence-corrected chi connectivity index (χ3v) is 7.00. The van der Waals surface area contributed by atoms with Gasteiger partial charge in [0.1, 0.15) is 18.1 Å². The molecule has 4 atom stereocenters. The van der Waals surface area contributed by atoms with E-state index in [1.807, 2.05) is 0 Å². The van der Waals surface area contributed by atoms with Crippen LogP contribution in [-0.2, 0) is 46.4 Å². The van der Waals surface area contributed by atoms with Crippen LogP contribution in [0.4, 0.5) is 0 Å². The predicted molar refractivity (Wildman–Crippen MR) is 172 cm³/mol. The summed E-state index contributed by atoms with van der Waals surface area (Å²) in [6.45, 7) is -1.29. The van der Waals surface area contributed by atoms with Gasteiger partial charge in [-0.2, -0.15) is 12.6 Å². The summed E-state index contributed by atoms with van der Waals surface area (Å²) in [7, 11) is 0. The number of nitrogens with two attached hydrogens (primary N) is 2. The molecule has 13 N–H and O–H groups in total. The van der Waals surface area contributed by atoms with Gasteiger partial charge in [0, 0.05) is 31.0 Å². The standard InChI is InChI=1S/C27H42N12O8S/c28-4-2-1-3-18(38-24(43)17(29)5-15-7-30-13-35-15)26(45)39-19(6-16-8-31-14-36-16)25(44)34-10-22(41)32-9-21(40)33-11-23(42)37-20(12-48)27(46)47/h7-8,13-14,17-20,48H,1-6,9-12,28-29H2,(H,30,35)(H,31,36)(H,32,41)(H,33,40)(H,34,44)(H,37,42)(H,38,43)(H,39,45)(H,46,47)/t17-,18-,19-,20-/m0/s1. The molecule has 0 aliphatic heterocycles. The maximum atomic E-state index is 13.4. The molecular weight excluding hydrogens is 652 g/mol. The summed E-state index contributed by atoms with van der Waals surface area (Å²) in [5, 5.41) is 23.2. The van der Waals surface area contributed by atoms with Gasteiger partial charge in [-0.3, -0.25) is 28.8 Å². The SMILES string of the molecule is NCCCC[C@H](NC(=O)[C@@H](N)Cc1c[nH]cn1)C(=O)N[C@@H](Cc1c[nH]cn1)C(=O)NCC(=O)NCC(=O)NCC(=O)N[C@@H](CS)C(=O)O. The fraction of sp³-hybridized carbons (Fsp3) is 0.519. The Bertz CT molecular complexity index is 1360. The van der Waals surface area contributed by atoms with Crippen molar-refractivity contribution in [1.29, 1.82) is 0 Å². The van der Waals surface area contributed by atoms with Crippen LogP contribution in [0.3, 0.4) is 0 Å². The lowest BCUT2D eigenvalue weighted by atomic mass is 10.1. The van der Waals surface area contributed by atoms with Crippen molar-refractivity contribution in [3.63, 3.8) is 0 Å². The second kappa shape index (κ2) is 21.0. The van der Waals surface area contributed by atoms with Crippen molar-refractivity contribution in [3.05, 3.63) is 36.4 Å². The van der Waals surface area contributed by atoms with Crippen LogP contribution in [0.15, 0.2) is 25.0 Å². The molecule has 0 aromatic carbocycles. The molecule has 0 saturated heterocycles. The molecule has 0 bridgehead atoms. The Morgan fingerprint density at radius 1 is 0.729 bits per heavy atom. The third-order valence-electron chi connectivity index (χ3n) is 6.63. The van der Waals surface area contributed by atoms with Crippen molar-refractivity contribution in [1.82, 2.24) is 51.8 Å². The van der Waals surface area contributed by atoms with Crippen molar-refractivity contribution < 1.29 is 38.7 Å². The number of amides is 6. The smallest absolute Gasteiger partial charge is 0.327 e. The predicted octanol–water partition coefficient (Wildman–Crippen LogP) is -4.81. The summed E-state index contributed by atoms with van der Waals surface area (Å²) in [4.78, 5) is 100. The summed E-state index contributed by atoms with van der Waals surface area (Å²) < 4.78 is 0. The van der Waals surface area contributed by atoms with Crippen LogP contribution < -0.4 is 43.4 Å². The number of thiol groups is 1. The van der Waals surface area contributed by atoms with Gasteiger partial charge in [0.2, 0.25) is 35.4 Å². The topological polar surface area (TPSA) is 321 Å². The average molecular weight is 695 g/mol. The zero-order valence-corrected chi connectivity index (χ0v) is 26.9. The Hall–Kier alpha value is -5.02. The van der Waals surface area contributed by atoms with Crippen LogP contribution in [0.25, 0.3) is 0 Å². The number of nitrogens with zero attached hydrogens (tertiary/aromatic N) is 2. The quantitative estimate of drug-likeness (QED) is 0.0408. The van der Waals surface area contributed by atoms with E-state index in [1.165, 1.54) is 18.9 Å². The van der Waals surface area contributed by atoms with Crippen molar-refractivity contribution in [3.8, 4) is 0 Å². The maximum Gasteiger partial charge on any atom is 0.327 e. The van der Waals surface area contributed by atoms with Gasteiger partial charge in [-0.05, 0) is 25.8 Å². The molecule has 2 aromatic heterocycles. The van der Waals surface area contributed by atoms with Crippen molar-refractivity contribution in [2.45, 2.75) is 56.3 Å². The van der Waals surface area contributed by atoms with E-state index in [4.69, 9.17) is 16.6 Å².